The lowest BCUT2D eigenvalue weighted by Gasteiger charge is -2.08. The van der Waals surface area contributed by atoms with Crippen molar-refractivity contribution >= 4 is 17.6 Å². The van der Waals surface area contributed by atoms with Crippen molar-refractivity contribution < 1.29 is 9.53 Å². The number of carbonyl (C=O) groups is 1. The van der Waals surface area contributed by atoms with Gasteiger partial charge in [-0.2, -0.15) is 0 Å². The van der Waals surface area contributed by atoms with Crippen LogP contribution >= 0.6 is 11.6 Å². The maximum atomic E-state index is 12.1. The standard InChI is InChI=1S/C16H12ClN3O2/c17-15-9-5-4-8-14(15)16(21)22-11-13-10-18-19-20(13)12-6-2-1-3-7-12/h1-10H,11H2. The van der Waals surface area contributed by atoms with Crippen molar-refractivity contribution in [1.29, 1.82) is 0 Å². The highest BCUT2D eigenvalue weighted by atomic mass is 35.5. The van der Waals surface area contributed by atoms with E-state index in [-0.39, 0.29) is 6.61 Å². The van der Waals surface area contributed by atoms with E-state index in [1.807, 2.05) is 30.3 Å². The molecule has 0 amide bonds. The Morgan fingerprint density at radius 1 is 1.09 bits per heavy atom. The van der Waals surface area contributed by atoms with Crippen molar-refractivity contribution in [2.75, 3.05) is 0 Å². The highest BCUT2D eigenvalue weighted by molar-refractivity contribution is 6.33. The molecule has 0 saturated heterocycles. The third-order valence-electron chi connectivity index (χ3n) is 3.07. The van der Waals surface area contributed by atoms with Crippen LogP contribution in [0.25, 0.3) is 5.69 Å². The molecule has 6 heteroatoms. The second-order valence-electron chi connectivity index (χ2n) is 4.53. The van der Waals surface area contributed by atoms with E-state index >= 15 is 0 Å². The Labute approximate surface area is 132 Å². The lowest BCUT2D eigenvalue weighted by Crippen LogP contribution is -2.09. The summed E-state index contributed by atoms with van der Waals surface area (Å²) in [7, 11) is 0. The monoisotopic (exact) mass is 313 g/mol. The van der Waals surface area contributed by atoms with E-state index in [0.717, 1.165) is 5.69 Å². The molecule has 0 aliphatic carbocycles. The number of halogens is 1. The average Bonchev–Trinajstić information content (AvgIpc) is 3.02. The molecule has 0 fully saturated rings. The number of aromatic nitrogens is 3. The number of para-hydroxylation sites is 1. The van der Waals surface area contributed by atoms with Crippen LogP contribution in [0.2, 0.25) is 5.02 Å². The third kappa shape index (κ3) is 2.99. The highest BCUT2D eigenvalue weighted by Crippen LogP contribution is 2.17. The van der Waals surface area contributed by atoms with Gasteiger partial charge in [-0.3, -0.25) is 0 Å². The molecule has 0 N–H and O–H groups in total. The number of rotatable bonds is 4. The lowest BCUT2D eigenvalue weighted by atomic mass is 10.2. The predicted octanol–water partition coefficient (Wildman–Crippen LogP) is 3.28. The summed E-state index contributed by atoms with van der Waals surface area (Å²) in [6.07, 6.45) is 1.56. The number of hydrogen-bond acceptors (Lipinski definition) is 4. The molecular formula is C16H12ClN3O2. The minimum atomic E-state index is -0.480. The van der Waals surface area contributed by atoms with E-state index in [9.17, 15) is 4.79 Å². The molecule has 3 aromatic rings. The van der Waals surface area contributed by atoms with Crippen LogP contribution in [0.4, 0.5) is 0 Å². The molecule has 0 saturated carbocycles. The molecule has 0 atom stereocenters. The van der Waals surface area contributed by atoms with Gasteiger partial charge in [0.1, 0.15) is 12.3 Å². The normalized spacial score (nSPS) is 10.4. The third-order valence-corrected chi connectivity index (χ3v) is 3.40. The highest BCUT2D eigenvalue weighted by Gasteiger charge is 2.13. The molecule has 0 spiro atoms. The SMILES string of the molecule is O=C(OCc1cnnn1-c1ccccc1)c1ccccc1Cl. The van der Waals surface area contributed by atoms with Crippen LogP contribution < -0.4 is 0 Å². The molecule has 110 valence electrons. The van der Waals surface area contributed by atoms with Crippen LogP contribution in [0.5, 0.6) is 0 Å². The number of hydrogen-bond donors (Lipinski definition) is 0. The van der Waals surface area contributed by atoms with E-state index in [0.29, 0.717) is 16.3 Å². The predicted molar refractivity (Wildman–Crippen MR) is 81.9 cm³/mol. The van der Waals surface area contributed by atoms with E-state index in [4.69, 9.17) is 16.3 Å². The zero-order chi connectivity index (χ0) is 15.4. The largest absolute Gasteiger partial charge is 0.455 e. The number of esters is 1. The van der Waals surface area contributed by atoms with Gasteiger partial charge in [0.15, 0.2) is 0 Å². The first-order chi connectivity index (χ1) is 10.8. The Kier molecular flexibility index (Phi) is 4.16. The van der Waals surface area contributed by atoms with Crippen LogP contribution in [0.1, 0.15) is 16.1 Å². The van der Waals surface area contributed by atoms with Crippen molar-refractivity contribution in [3.63, 3.8) is 0 Å². The van der Waals surface area contributed by atoms with Crippen molar-refractivity contribution in [3.05, 3.63) is 77.1 Å². The van der Waals surface area contributed by atoms with E-state index in [1.165, 1.54) is 0 Å². The number of nitrogens with zero attached hydrogens (tertiary/aromatic N) is 3. The zero-order valence-corrected chi connectivity index (χ0v) is 12.3. The van der Waals surface area contributed by atoms with Gasteiger partial charge in [-0.25, -0.2) is 9.48 Å². The van der Waals surface area contributed by atoms with Crippen molar-refractivity contribution in [2.45, 2.75) is 6.61 Å². The first-order valence-electron chi connectivity index (χ1n) is 6.62. The summed E-state index contributed by atoms with van der Waals surface area (Å²) in [5.74, 6) is -0.480. The number of ether oxygens (including phenoxy) is 1. The minimum Gasteiger partial charge on any atom is -0.455 e. The summed E-state index contributed by atoms with van der Waals surface area (Å²) in [5, 5.41) is 8.23. The molecule has 0 bridgehead atoms. The average molecular weight is 314 g/mol. The van der Waals surface area contributed by atoms with E-state index in [1.54, 1.807) is 35.1 Å². The first-order valence-corrected chi connectivity index (χ1v) is 7.00. The molecule has 2 aromatic carbocycles. The van der Waals surface area contributed by atoms with Gasteiger partial charge >= 0.3 is 5.97 Å². The fraction of sp³-hybridized carbons (Fsp3) is 0.0625. The molecule has 1 aromatic heterocycles. The fourth-order valence-corrected chi connectivity index (χ4v) is 2.20. The first kappa shape index (κ1) is 14.3. The van der Waals surface area contributed by atoms with Gasteiger partial charge in [0, 0.05) is 0 Å². The molecule has 3 rings (SSSR count). The second kappa shape index (κ2) is 6.41. The summed E-state index contributed by atoms with van der Waals surface area (Å²) in [5.41, 5.74) is 1.86. The smallest absolute Gasteiger partial charge is 0.340 e. The van der Waals surface area contributed by atoms with Gasteiger partial charge < -0.3 is 4.74 Å². The molecule has 22 heavy (non-hydrogen) atoms. The van der Waals surface area contributed by atoms with Crippen LogP contribution in [0.15, 0.2) is 60.8 Å². The topological polar surface area (TPSA) is 57.0 Å². The van der Waals surface area contributed by atoms with E-state index < -0.39 is 5.97 Å². The summed E-state index contributed by atoms with van der Waals surface area (Å²) in [4.78, 5) is 12.1. The maximum Gasteiger partial charge on any atom is 0.340 e. The van der Waals surface area contributed by atoms with E-state index in [2.05, 4.69) is 10.3 Å². The van der Waals surface area contributed by atoms with Crippen molar-refractivity contribution in [2.24, 2.45) is 0 Å². The number of carbonyl (C=O) groups excluding carboxylic acids is 1. The molecule has 0 aliphatic heterocycles. The second-order valence-corrected chi connectivity index (χ2v) is 4.94. The minimum absolute atomic E-state index is 0.0615. The maximum absolute atomic E-state index is 12.1. The number of benzene rings is 2. The van der Waals surface area contributed by atoms with Crippen molar-refractivity contribution in [1.82, 2.24) is 15.0 Å². The molecule has 5 nitrogen and oxygen atoms in total. The lowest BCUT2D eigenvalue weighted by molar-refractivity contribution is 0.0465. The van der Waals surface area contributed by atoms with Gasteiger partial charge in [0.05, 0.1) is 22.5 Å². The summed E-state index contributed by atoms with van der Waals surface area (Å²) >= 11 is 5.98. The Balaban J connectivity index is 1.75. The Morgan fingerprint density at radius 2 is 1.82 bits per heavy atom. The van der Waals surface area contributed by atoms with Crippen LogP contribution in [0, 0.1) is 0 Å². The van der Waals surface area contributed by atoms with Crippen LogP contribution in [-0.4, -0.2) is 21.0 Å². The Morgan fingerprint density at radius 3 is 2.59 bits per heavy atom. The molecule has 0 aliphatic rings. The molecule has 0 radical (unpaired) electrons. The summed E-state index contributed by atoms with van der Waals surface area (Å²) < 4.78 is 6.92. The van der Waals surface area contributed by atoms with Gasteiger partial charge in [0.2, 0.25) is 0 Å². The van der Waals surface area contributed by atoms with Gasteiger partial charge in [-0.15, -0.1) is 5.10 Å². The van der Waals surface area contributed by atoms with Gasteiger partial charge in [0.25, 0.3) is 0 Å². The van der Waals surface area contributed by atoms with Crippen molar-refractivity contribution in [3.8, 4) is 5.69 Å². The van der Waals surface area contributed by atoms with Gasteiger partial charge in [-0.1, -0.05) is 47.1 Å². The molecule has 0 unspecified atom stereocenters. The van der Waals surface area contributed by atoms with Gasteiger partial charge in [-0.05, 0) is 24.3 Å². The van der Waals surface area contributed by atoms with Crippen LogP contribution in [0.3, 0.4) is 0 Å². The molecule has 1 heterocycles. The molecular weight excluding hydrogens is 302 g/mol. The fourth-order valence-electron chi connectivity index (χ4n) is 1.99. The Hall–Kier alpha value is -2.66. The zero-order valence-electron chi connectivity index (χ0n) is 11.5. The quantitative estimate of drug-likeness (QED) is 0.694. The van der Waals surface area contributed by atoms with Crippen LogP contribution in [-0.2, 0) is 11.3 Å². The summed E-state index contributed by atoms with van der Waals surface area (Å²) in [6, 6.07) is 16.3. The Bertz CT molecular complexity index is 787. The summed E-state index contributed by atoms with van der Waals surface area (Å²) in [6.45, 7) is 0.0615.